The molecule has 0 amide bonds. The number of guanidine groups is 1. The van der Waals surface area contributed by atoms with Gasteiger partial charge in [-0.1, -0.05) is 17.7 Å². The van der Waals surface area contributed by atoms with Crippen molar-refractivity contribution in [2.24, 2.45) is 9.98 Å². The number of benzene rings is 1. The monoisotopic (exact) mass is 454 g/mol. The van der Waals surface area contributed by atoms with E-state index in [2.05, 4.69) is 31.8 Å². The standard InChI is InChI=1S/C19H24ClFN6O2S/c1-7-15(24-19(22-4)23-5)14-10-27(11(2)3)25-18(14)13-8-12(20)9-16(17(13)21)26-30(6,28)29/h7-11,26H,4H2,1-3,5-6H3,(H,23,24). The summed E-state index contributed by atoms with van der Waals surface area (Å²) in [4.78, 5) is 7.79. The van der Waals surface area contributed by atoms with Gasteiger partial charge in [0.25, 0.3) is 0 Å². The number of hydrogen-bond acceptors (Lipinski definition) is 4. The molecule has 2 N–H and O–H groups in total. The Labute approximate surface area is 180 Å². The maximum atomic E-state index is 15.3. The molecule has 0 radical (unpaired) electrons. The number of aromatic nitrogens is 2. The van der Waals surface area contributed by atoms with Gasteiger partial charge in [-0.15, -0.1) is 0 Å². The van der Waals surface area contributed by atoms with Crippen LogP contribution in [-0.4, -0.2) is 44.2 Å². The molecule has 11 heteroatoms. The molecule has 1 heterocycles. The van der Waals surface area contributed by atoms with Crippen LogP contribution in [0.5, 0.6) is 0 Å². The fourth-order valence-corrected chi connectivity index (χ4v) is 3.44. The van der Waals surface area contributed by atoms with E-state index < -0.39 is 15.8 Å². The minimum absolute atomic E-state index is 0.0108. The van der Waals surface area contributed by atoms with Crippen molar-refractivity contribution in [2.75, 3.05) is 18.0 Å². The van der Waals surface area contributed by atoms with Crippen LogP contribution in [0.4, 0.5) is 10.1 Å². The van der Waals surface area contributed by atoms with Gasteiger partial charge in [-0.25, -0.2) is 17.8 Å². The first-order chi connectivity index (χ1) is 14.0. The predicted octanol–water partition coefficient (Wildman–Crippen LogP) is 3.93. The Bertz CT molecular complexity index is 1120. The molecule has 0 saturated carbocycles. The Morgan fingerprint density at radius 3 is 2.57 bits per heavy atom. The van der Waals surface area contributed by atoms with Gasteiger partial charge in [0.2, 0.25) is 16.0 Å². The summed E-state index contributed by atoms with van der Waals surface area (Å²) in [5.41, 5.74) is 1.19. The zero-order valence-corrected chi connectivity index (χ0v) is 18.9. The lowest BCUT2D eigenvalue weighted by molar-refractivity contribution is 0.533. The number of hydrogen-bond donors (Lipinski definition) is 2. The minimum Gasteiger partial charge on any atom is -0.324 e. The highest BCUT2D eigenvalue weighted by atomic mass is 35.5. The summed E-state index contributed by atoms with van der Waals surface area (Å²) in [6, 6.07) is 2.59. The number of anilines is 1. The summed E-state index contributed by atoms with van der Waals surface area (Å²) >= 11 is 6.16. The first-order valence-corrected chi connectivity index (χ1v) is 11.2. The maximum Gasteiger partial charge on any atom is 0.229 e. The molecule has 8 nitrogen and oxygen atoms in total. The number of sulfonamides is 1. The Morgan fingerprint density at radius 1 is 1.40 bits per heavy atom. The number of nitrogens with zero attached hydrogens (tertiary/aromatic N) is 4. The summed E-state index contributed by atoms with van der Waals surface area (Å²) in [7, 11) is -2.15. The average Bonchev–Trinajstić information content (AvgIpc) is 3.09. The van der Waals surface area contributed by atoms with Crippen molar-refractivity contribution in [3.05, 3.63) is 40.8 Å². The van der Waals surface area contributed by atoms with E-state index in [0.29, 0.717) is 11.3 Å². The van der Waals surface area contributed by atoms with Gasteiger partial charge in [-0.05, 0) is 39.6 Å². The van der Waals surface area contributed by atoms with E-state index in [-0.39, 0.29) is 34.0 Å². The molecule has 2 aromatic rings. The van der Waals surface area contributed by atoms with Gasteiger partial charge >= 0.3 is 0 Å². The van der Waals surface area contributed by atoms with Crippen LogP contribution in [0.3, 0.4) is 0 Å². The smallest absolute Gasteiger partial charge is 0.229 e. The molecule has 0 unspecified atom stereocenters. The first-order valence-electron chi connectivity index (χ1n) is 8.94. The van der Waals surface area contributed by atoms with Crippen LogP contribution in [0.1, 0.15) is 32.4 Å². The van der Waals surface area contributed by atoms with E-state index in [1.807, 2.05) is 13.8 Å². The van der Waals surface area contributed by atoms with Gasteiger partial charge in [0, 0.05) is 41.1 Å². The van der Waals surface area contributed by atoms with E-state index in [0.717, 1.165) is 6.26 Å². The molecule has 0 spiro atoms. The lowest BCUT2D eigenvalue weighted by Crippen LogP contribution is -2.20. The number of aliphatic imine (C=N–C) groups is 2. The second kappa shape index (κ2) is 9.40. The van der Waals surface area contributed by atoms with Gasteiger partial charge in [0.15, 0.2) is 5.82 Å². The Kier molecular flexibility index (Phi) is 7.38. The van der Waals surface area contributed by atoms with Crippen molar-refractivity contribution in [1.82, 2.24) is 15.1 Å². The zero-order chi connectivity index (χ0) is 22.6. The fraction of sp³-hybridized carbons (Fsp3) is 0.316. The second-order valence-corrected chi connectivity index (χ2v) is 8.87. The first kappa shape index (κ1) is 23.6. The van der Waals surface area contributed by atoms with E-state index in [1.54, 1.807) is 30.9 Å². The van der Waals surface area contributed by atoms with Crippen LogP contribution >= 0.6 is 11.6 Å². The van der Waals surface area contributed by atoms with Crippen molar-refractivity contribution >= 4 is 45.7 Å². The lowest BCUT2D eigenvalue weighted by atomic mass is 10.0. The molecule has 1 aromatic carbocycles. The highest BCUT2D eigenvalue weighted by Gasteiger charge is 2.22. The highest BCUT2D eigenvalue weighted by molar-refractivity contribution is 7.92. The van der Waals surface area contributed by atoms with Crippen molar-refractivity contribution in [3.63, 3.8) is 0 Å². The van der Waals surface area contributed by atoms with Crippen molar-refractivity contribution in [1.29, 1.82) is 0 Å². The molecule has 0 aliphatic carbocycles. The third kappa shape index (κ3) is 5.45. The van der Waals surface area contributed by atoms with Crippen LogP contribution in [0, 0.1) is 5.82 Å². The molecule has 0 atom stereocenters. The number of halogens is 2. The third-order valence-corrected chi connectivity index (χ3v) is 4.84. The topological polar surface area (TPSA) is 101 Å². The van der Waals surface area contributed by atoms with Gasteiger partial charge in [-0.3, -0.25) is 14.4 Å². The Balaban J connectivity index is 2.74. The molecule has 0 bridgehead atoms. The van der Waals surface area contributed by atoms with Crippen molar-refractivity contribution in [2.45, 2.75) is 26.8 Å². The normalized spacial score (nSPS) is 12.9. The highest BCUT2D eigenvalue weighted by Crippen LogP contribution is 2.35. The third-order valence-electron chi connectivity index (χ3n) is 4.04. The molecule has 162 valence electrons. The van der Waals surface area contributed by atoms with Crippen molar-refractivity contribution in [3.8, 4) is 11.3 Å². The fourth-order valence-electron chi connectivity index (χ4n) is 2.67. The van der Waals surface area contributed by atoms with Gasteiger partial charge in [-0.2, -0.15) is 5.10 Å². The SMILES string of the molecule is C=NC(=NC)NC(=CC)c1cn(C(C)C)nc1-c1cc(Cl)cc(NS(C)(=O)=O)c1F. The Morgan fingerprint density at radius 2 is 2.07 bits per heavy atom. The summed E-state index contributed by atoms with van der Waals surface area (Å²) in [6.45, 7) is 9.11. The van der Waals surface area contributed by atoms with E-state index in [4.69, 9.17) is 11.6 Å². The van der Waals surface area contributed by atoms with Crippen LogP contribution in [0.25, 0.3) is 17.0 Å². The largest absolute Gasteiger partial charge is 0.324 e. The van der Waals surface area contributed by atoms with E-state index >= 15 is 4.39 Å². The van der Waals surface area contributed by atoms with Crippen LogP contribution in [-0.2, 0) is 10.0 Å². The molecule has 1 aromatic heterocycles. The summed E-state index contributed by atoms with van der Waals surface area (Å²) in [6.07, 6.45) is 4.45. The molecular formula is C19H24ClFN6O2S. The number of rotatable bonds is 6. The molecule has 0 fully saturated rings. The quantitative estimate of drug-likeness (QED) is 0.510. The lowest BCUT2D eigenvalue weighted by Gasteiger charge is -2.13. The van der Waals surface area contributed by atoms with Crippen molar-refractivity contribution < 1.29 is 12.8 Å². The summed E-state index contributed by atoms with van der Waals surface area (Å²) in [5.74, 6) is -0.515. The predicted molar refractivity (Wildman–Crippen MR) is 121 cm³/mol. The van der Waals surface area contributed by atoms with E-state index in [1.165, 1.54) is 12.1 Å². The summed E-state index contributed by atoms with van der Waals surface area (Å²) < 4.78 is 42.4. The number of allylic oxidation sites excluding steroid dienone is 1. The van der Waals surface area contributed by atoms with E-state index in [9.17, 15) is 8.42 Å². The Hall–Kier alpha value is -2.72. The van der Waals surface area contributed by atoms with Crippen LogP contribution < -0.4 is 10.0 Å². The maximum absolute atomic E-state index is 15.3. The number of nitrogens with one attached hydrogen (secondary N) is 2. The van der Waals surface area contributed by atoms with Gasteiger partial charge in [0.1, 0.15) is 5.69 Å². The van der Waals surface area contributed by atoms with Gasteiger partial charge < -0.3 is 5.32 Å². The van der Waals surface area contributed by atoms with Gasteiger partial charge in [0.05, 0.1) is 11.9 Å². The zero-order valence-electron chi connectivity index (χ0n) is 17.4. The molecule has 30 heavy (non-hydrogen) atoms. The molecule has 0 aliphatic heterocycles. The molecule has 0 aliphatic rings. The van der Waals surface area contributed by atoms with Crippen LogP contribution in [0.2, 0.25) is 5.02 Å². The summed E-state index contributed by atoms with van der Waals surface area (Å²) in [5, 5.41) is 7.71. The van der Waals surface area contributed by atoms with Crippen LogP contribution in [0.15, 0.2) is 34.4 Å². The average molecular weight is 455 g/mol. The molecular weight excluding hydrogens is 431 g/mol. The molecule has 2 rings (SSSR count). The minimum atomic E-state index is -3.71. The second-order valence-electron chi connectivity index (χ2n) is 6.69. The molecule has 0 saturated heterocycles.